The molecule has 40 heavy (non-hydrogen) atoms. The number of nitrogen functional groups attached to an aromatic ring is 1. The average Bonchev–Trinajstić information content (AvgIpc) is 3.41. The molecule has 16 nitrogen and oxygen atoms in total. The Kier molecular flexibility index (Phi) is 10.5. The molecule has 2 aromatic heterocycles. The zero-order valence-electron chi connectivity index (χ0n) is 22.6. The highest BCUT2D eigenvalue weighted by atomic mass is 31.2. The van der Waals surface area contributed by atoms with Crippen LogP contribution in [0.3, 0.4) is 0 Å². The first-order valence-corrected chi connectivity index (χ1v) is 13.9. The van der Waals surface area contributed by atoms with Gasteiger partial charge in [-0.1, -0.05) is 13.8 Å². The number of nitrogens with zero attached hydrogens (tertiary/aromatic N) is 4. The third kappa shape index (κ3) is 7.69. The molecule has 1 aliphatic rings. The van der Waals surface area contributed by atoms with E-state index in [1.807, 2.05) is 13.8 Å². The van der Waals surface area contributed by atoms with Gasteiger partial charge in [0, 0.05) is 0 Å². The number of carbonyl (C=O) groups excluding carboxylic acids is 2. The number of halogens is 1. The Morgan fingerprint density at radius 1 is 1.23 bits per heavy atom. The normalized spacial score (nSPS) is 23.4. The quantitative estimate of drug-likeness (QED) is 0.141. The Hall–Kier alpha value is -2.79. The van der Waals surface area contributed by atoms with Crippen LogP contribution in [0, 0.1) is 12.0 Å². The molecule has 5 N–H and O–H groups in total. The zero-order chi connectivity index (χ0) is 29.8. The van der Waals surface area contributed by atoms with Crippen LogP contribution in [0.2, 0.25) is 0 Å². The molecule has 0 spiro atoms. The second-order valence-corrected chi connectivity index (χ2v) is 11.5. The van der Waals surface area contributed by atoms with Gasteiger partial charge in [0.1, 0.15) is 24.4 Å². The number of hydrogen-bond donors (Lipinski definition) is 4. The van der Waals surface area contributed by atoms with Gasteiger partial charge in [0.2, 0.25) is 0 Å². The molecular weight excluding hydrogens is 558 g/mol. The van der Waals surface area contributed by atoms with E-state index in [1.165, 1.54) is 6.33 Å². The minimum Gasteiger partial charge on any atom is -0.467 e. The minimum absolute atomic E-state index is 0.0424. The Morgan fingerprint density at radius 3 is 2.55 bits per heavy atom. The van der Waals surface area contributed by atoms with E-state index in [4.69, 9.17) is 24.3 Å². The minimum atomic E-state index is -4.46. The van der Waals surface area contributed by atoms with E-state index < -0.39 is 75.7 Å². The van der Waals surface area contributed by atoms with Crippen molar-refractivity contribution in [2.45, 2.75) is 70.8 Å². The summed E-state index contributed by atoms with van der Waals surface area (Å²) in [5.74, 6) is -1.88. The van der Waals surface area contributed by atoms with Gasteiger partial charge in [-0.15, -0.1) is 0 Å². The highest BCUT2D eigenvalue weighted by Crippen LogP contribution is 2.46. The van der Waals surface area contributed by atoms with Crippen LogP contribution in [0.4, 0.5) is 10.2 Å². The number of rotatable bonds is 13. The molecule has 224 valence electrons. The Bertz CT molecular complexity index is 1250. The maximum Gasteiger partial charge on any atom is 0.406 e. The number of nitrogens with two attached hydrogens (primary N) is 1. The van der Waals surface area contributed by atoms with Crippen molar-refractivity contribution >= 4 is 36.7 Å². The summed E-state index contributed by atoms with van der Waals surface area (Å²) in [6, 6.07) is -1.14. The molecule has 2 aromatic rings. The molecule has 0 bridgehead atoms. The van der Waals surface area contributed by atoms with Crippen molar-refractivity contribution in [3.05, 3.63) is 12.4 Å². The standard InChI is InChI=1S/C22H34FN6O10P/c1-10(2)6-12(21(33)38-11(3)4)28-40(34,37-8-14(30)35-5)36-7-13-16(31)17(32)20(39-13)29-9-25-15-18(24)26-22(23)27-19(15)29/h9-13,16-17,20,31-32H,6-8H2,1-5H3,(H,28,34)(H2,24,26,27)/t12-,13+,16?,17+,20+,40?/m0/s1. The predicted octanol–water partition coefficient (Wildman–Crippen LogP) is 0.437. The van der Waals surface area contributed by atoms with Gasteiger partial charge in [-0.3, -0.25) is 18.4 Å². The SMILES string of the molecule is COC(=O)COP(=O)(N[C@@H](CC(C)C)C(=O)OC(C)C)OC[C@H]1O[C@@H](n2cnc3c(N)nc(F)nc32)[C@H](O)C1O. The molecule has 1 aliphatic heterocycles. The predicted molar refractivity (Wildman–Crippen MR) is 135 cm³/mol. The van der Waals surface area contributed by atoms with Crippen molar-refractivity contribution in [2.24, 2.45) is 5.92 Å². The molecule has 1 fully saturated rings. The van der Waals surface area contributed by atoms with Crippen LogP contribution in [0.1, 0.15) is 40.3 Å². The second-order valence-electron chi connectivity index (χ2n) is 9.69. The highest BCUT2D eigenvalue weighted by molar-refractivity contribution is 7.51. The molecule has 0 radical (unpaired) electrons. The van der Waals surface area contributed by atoms with Gasteiger partial charge in [-0.25, -0.2) is 19.4 Å². The molecule has 18 heteroatoms. The fraction of sp³-hybridized carbons (Fsp3) is 0.682. The van der Waals surface area contributed by atoms with E-state index in [2.05, 4.69) is 24.8 Å². The van der Waals surface area contributed by atoms with Gasteiger partial charge in [-0.2, -0.15) is 14.4 Å². The number of ether oxygens (including phenoxy) is 3. The lowest BCUT2D eigenvalue weighted by molar-refractivity contribution is -0.150. The van der Waals surface area contributed by atoms with Crippen molar-refractivity contribution in [3.63, 3.8) is 0 Å². The summed E-state index contributed by atoms with van der Waals surface area (Å²) in [7, 11) is -3.36. The summed E-state index contributed by atoms with van der Waals surface area (Å²) >= 11 is 0. The van der Waals surface area contributed by atoms with Crippen molar-refractivity contribution < 1.29 is 52.0 Å². The topological polar surface area (TPSA) is 219 Å². The number of aromatic nitrogens is 4. The Morgan fingerprint density at radius 2 is 1.93 bits per heavy atom. The number of methoxy groups -OCH3 is 1. The Labute approximate surface area is 228 Å². The number of aliphatic hydroxyl groups is 2. The van der Waals surface area contributed by atoms with Gasteiger partial charge >= 0.3 is 25.8 Å². The van der Waals surface area contributed by atoms with Gasteiger partial charge in [0.25, 0.3) is 0 Å². The lowest BCUT2D eigenvalue weighted by Gasteiger charge is -2.26. The molecule has 0 aromatic carbocycles. The summed E-state index contributed by atoms with van der Waals surface area (Å²) in [6.45, 7) is 5.52. The smallest absolute Gasteiger partial charge is 0.406 e. The number of esters is 2. The number of fused-ring (bicyclic) bond motifs is 1. The molecule has 3 heterocycles. The molecule has 0 aliphatic carbocycles. The number of aliphatic hydroxyl groups excluding tert-OH is 2. The van der Waals surface area contributed by atoms with Crippen molar-refractivity contribution in [1.29, 1.82) is 0 Å². The second kappa shape index (κ2) is 13.2. The summed E-state index contributed by atoms with van der Waals surface area (Å²) in [5, 5.41) is 23.8. The van der Waals surface area contributed by atoms with Crippen LogP contribution in [-0.4, -0.2) is 92.5 Å². The highest BCUT2D eigenvalue weighted by Gasteiger charge is 2.46. The third-order valence-corrected chi connectivity index (χ3v) is 7.26. The monoisotopic (exact) mass is 592 g/mol. The van der Waals surface area contributed by atoms with E-state index in [-0.39, 0.29) is 29.3 Å². The van der Waals surface area contributed by atoms with Crippen LogP contribution in [-0.2, 0) is 37.4 Å². The summed E-state index contributed by atoms with van der Waals surface area (Å²) in [4.78, 5) is 35.4. The zero-order valence-corrected chi connectivity index (χ0v) is 23.5. The first kappa shape index (κ1) is 31.7. The number of carbonyl (C=O) groups is 2. The van der Waals surface area contributed by atoms with Crippen molar-refractivity contribution in [2.75, 3.05) is 26.1 Å². The maximum atomic E-state index is 13.8. The molecule has 0 amide bonds. The van der Waals surface area contributed by atoms with Crippen LogP contribution in [0.15, 0.2) is 6.33 Å². The van der Waals surface area contributed by atoms with E-state index in [1.54, 1.807) is 13.8 Å². The Balaban J connectivity index is 1.80. The molecule has 3 rings (SSSR count). The lowest BCUT2D eigenvalue weighted by Crippen LogP contribution is -2.40. The largest absolute Gasteiger partial charge is 0.467 e. The fourth-order valence-corrected chi connectivity index (χ4v) is 5.29. The molecule has 0 saturated carbocycles. The third-order valence-electron chi connectivity index (χ3n) is 5.68. The molecule has 6 atom stereocenters. The number of nitrogens with one attached hydrogen (secondary N) is 1. The van der Waals surface area contributed by atoms with Crippen LogP contribution in [0.5, 0.6) is 0 Å². The summed E-state index contributed by atoms with van der Waals surface area (Å²) < 4.78 is 54.7. The number of hydrogen-bond acceptors (Lipinski definition) is 14. The summed E-state index contributed by atoms with van der Waals surface area (Å²) in [5.41, 5.74) is 5.62. The van der Waals surface area contributed by atoms with Gasteiger partial charge in [0.15, 0.2) is 29.8 Å². The first-order chi connectivity index (χ1) is 18.7. The van der Waals surface area contributed by atoms with Crippen LogP contribution >= 0.6 is 7.75 Å². The van der Waals surface area contributed by atoms with Gasteiger partial charge in [0.05, 0.1) is 26.1 Å². The van der Waals surface area contributed by atoms with Crippen molar-refractivity contribution in [3.8, 4) is 0 Å². The van der Waals surface area contributed by atoms with Gasteiger partial charge in [-0.05, 0) is 26.2 Å². The fourth-order valence-electron chi connectivity index (χ4n) is 3.85. The summed E-state index contributed by atoms with van der Waals surface area (Å²) in [6.07, 6.45) is -6.04. The number of imidazole rings is 1. The lowest BCUT2D eigenvalue weighted by atomic mass is 10.0. The van der Waals surface area contributed by atoms with Crippen LogP contribution in [0.25, 0.3) is 11.2 Å². The van der Waals surface area contributed by atoms with E-state index in [9.17, 15) is 28.8 Å². The van der Waals surface area contributed by atoms with Gasteiger partial charge < -0.3 is 30.2 Å². The molecular formula is C22H34FN6O10P. The van der Waals surface area contributed by atoms with Crippen LogP contribution < -0.4 is 10.8 Å². The van der Waals surface area contributed by atoms with Crippen molar-refractivity contribution in [1.82, 2.24) is 24.6 Å². The maximum absolute atomic E-state index is 13.8. The van der Waals surface area contributed by atoms with E-state index in [0.29, 0.717) is 0 Å². The molecule has 2 unspecified atom stereocenters. The molecule has 1 saturated heterocycles. The van der Waals surface area contributed by atoms with E-state index >= 15 is 0 Å². The van der Waals surface area contributed by atoms with E-state index in [0.717, 1.165) is 11.7 Å². The number of anilines is 1. The average molecular weight is 593 g/mol. The first-order valence-electron chi connectivity index (χ1n) is 12.4.